The molecule has 1 N–H and O–H groups in total. The van der Waals surface area contributed by atoms with Crippen molar-refractivity contribution in [3.05, 3.63) is 77.4 Å². The van der Waals surface area contributed by atoms with Crippen LogP contribution >= 0.6 is 0 Å². The van der Waals surface area contributed by atoms with E-state index in [9.17, 15) is 9.59 Å². The first-order valence-corrected chi connectivity index (χ1v) is 9.58. The Morgan fingerprint density at radius 2 is 1.83 bits per heavy atom. The van der Waals surface area contributed by atoms with Crippen molar-refractivity contribution in [2.24, 2.45) is 0 Å². The Morgan fingerprint density at radius 3 is 2.53 bits per heavy atom. The predicted molar refractivity (Wildman–Crippen MR) is 110 cm³/mol. The van der Waals surface area contributed by atoms with Gasteiger partial charge < -0.3 is 13.9 Å². The number of amides is 2. The first-order chi connectivity index (χ1) is 14.6. The number of cyclic esters (lactones) is 1. The van der Waals surface area contributed by atoms with Crippen molar-refractivity contribution in [3.63, 3.8) is 0 Å². The number of nitrogens with one attached hydrogen (secondary N) is 1. The molecule has 152 valence electrons. The van der Waals surface area contributed by atoms with Gasteiger partial charge in [0.1, 0.15) is 11.5 Å². The molecule has 2 amide bonds. The number of aromatic nitrogens is 1. The molecule has 7 nitrogen and oxygen atoms in total. The van der Waals surface area contributed by atoms with Gasteiger partial charge >= 0.3 is 6.09 Å². The quantitative estimate of drug-likeness (QED) is 0.467. The molecule has 4 rings (SSSR count). The number of carbonyl (C=O) groups is 2. The fraction of sp³-hybridized carbons (Fsp3) is 0.174. The number of carbonyl (C=O) groups excluding carboxylic acids is 2. The highest BCUT2D eigenvalue weighted by atomic mass is 16.6. The fourth-order valence-electron chi connectivity index (χ4n) is 3.03. The highest BCUT2D eigenvalue weighted by molar-refractivity contribution is 6.09. The maximum Gasteiger partial charge on any atom is 0.419 e. The van der Waals surface area contributed by atoms with Crippen molar-refractivity contribution in [1.82, 2.24) is 10.3 Å². The van der Waals surface area contributed by atoms with Crippen molar-refractivity contribution < 1.29 is 23.5 Å². The molecule has 0 saturated carbocycles. The van der Waals surface area contributed by atoms with Gasteiger partial charge in [-0.1, -0.05) is 30.3 Å². The Labute approximate surface area is 173 Å². The Morgan fingerprint density at radius 1 is 1.07 bits per heavy atom. The van der Waals surface area contributed by atoms with E-state index in [2.05, 4.69) is 10.3 Å². The summed E-state index contributed by atoms with van der Waals surface area (Å²) in [6.45, 7) is 2.46. The van der Waals surface area contributed by atoms with Crippen LogP contribution in [-0.2, 0) is 16.0 Å². The molecule has 2 aromatic carbocycles. The predicted octanol–water partition coefficient (Wildman–Crippen LogP) is 4.27. The van der Waals surface area contributed by atoms with Crippen LogP contribution in [0.5, 0.6) is 5.75 Å². The molecule has 30 heavy (non-hydrogen) atoms. The number of benzene rings is 2. The number of alkyl carbamates (subject to hydrolysis) is 1. The molecular formula is C23H20N2O5. The summed E-state index contributed by atoms with van der Waals surface area (Å²) in [6.07, 6.45) is 2.29. The molecule has 0 bridgehead atoms. The van der Waals surface area contributed by atoms with E-state index in [-0.39, 0.29) is 5.76 Å². The van der Waals surface area contributed by atoms with Crippen LogP contribution < -0.4 is 10.1 Å². The average molecular weight is 404 g/mol. The minimum Gasteiger partial charge on any atom is -0.494 e. The Hall–Kier alpha value is -3.87. The summed E-state index contributed by atoms with van der Waals surface area (Å²) in [5, 5.41) is 2.06. The van der Waals surface area contributed by atoms with Crippen LogP contribution in [0.2, 0.25) is 0 Å². The average Bonchev–Trinajstić information content (AvgIpc) is 3.28. The van der Waals surface area contributed by atoms with E-state index in [1.807, 2.05) is 37.3 Å². The van der Waals surface area contributed by atoms with Crippen LogP contribution in [0.15, 0.2) is 64.8 Å². The molecule has 1 aliphatic heterocycles. The number of ether oxygens (including phenoxy) is 2. The van der Waals surface area contributed by atoms with E-state index in [1.54, 1.807) is 24.3 Å². The molecule has 0 spiro atoms. The lowest BCUT2D eigenvalue weighted by Crippen LogP contribution is -2.18. The van der Waals surface area contributed by atoms with E-state index >= 15 is 0 Å². The monoisotopic (exact) mass is 404 g/mol. The summed E-state index contributed by atoms with van der Waals surface area (Å²) in [7, 11) is 0. The highest BCUT2D eigenvalue weighted by Crippen LogP contribution is 2.22. The van der Waals surface area contributed by atoms with Gasteiger partial charge in [0.25, 0.3) is 5.91 Å². The molecule has 1 aromatic heterocycles. The second-order valence-electron chi connectivity index (χ2n) is 6.76. The van der Waals surface area contributed by atoms with Crippen molar-refractivity contribution >= 4 is 18.1 Å². The molecule has 0 atom stereocenters. The largest absolute Gasteiger partial charge is 0.494 e. The summed E-state index contributed by atoms with van der Waals surface area (Å²) in [5.41, 5.74) is 2.63. The molecule has 3 aromatic rings. The summed E-state index contributed by atoms with van der Waals surface area (Å²) in [4.78, 5) is 27.1. The molecule has 0 unspecified atom stereocenters. The lowest BCUT2D eigenvalue weighted by atomic mass is 10.2. The van der Waals surface area contributed by atoms with Crippen molar-refractivity contribution in [2.75, 3.05) is 6.61 Å². The van der Waals surface area contributed by atoms with Crippen LogP contribution in [0.1, 0.15) is 23.4 Å². The minimum absolute atomic E-state index is 0.0217. The first kappa shape index (κ1) is 19.4. The van der Waals surface area contributed by atoms with Crippen molar-refractivity contribution in [1.29, 1.82) is 0 Å². The topological polar surface area (TPSA) is 90.7 Å². The lowest BCUT2D eigenvalue weighted by Gasteiger charge is -2.06. The van der Waals surface area contributed by atoms with E-state index in [1.165, 1.54) is 6.08 Å². The third-order valence-corrected chi connectivity index (χ3v) is 4.56. The highest BCUT2D eigenvalue weighted by Gasteiger charge is 2.25. The Kier molecular flexibility index (Phi) is 5.61. The SMILES string of the molecule is Cc1oc(-c2ccccc2)nc1CCCOc1ccc(/C=C2\OC(=O)NC2=O)cc1. The van der Waals surface area contributed by atoms with Gasteiger partial charge in [-0.25, -0.2) is 9.78 Å². The maximum atomic E-state index is 11.5. The number of imide groups is 1. The second-order valence-corrected chi connectivity index (χ2v) is 6.76. The summed E-state index contributed by atoms with van der Waals surface area (Å²) in [5.74, 6) is 1.61. The van der Waals surface area contributed by atoms with Crippen LogP contribution in [0.4, 0.5) is 4.79 Å². The third-order valence-electron chi connectivity index (χ3n) is 4.56. The first-order valence-electron chi connectivity index (χ1n) is 9.58. The number of hydrogen-bond donors (Lipinski definition) is 1. The van der Waals surface area contributed by atoms with Crippen molar-refractivity contribution in [3.8, 4) is 17.2 Å². The number of oxazole rings is 1. The van der Waals surface area contributed by atoms with Gasteiger partial charge in [-0.2, -0.15) is 0 Å². The zero-order valence-corrected chi connectivity index (χ0v) is 16.4. The van der Waals surface area contributed by atoms with E-state index in [4.69, 9.17) is 13.9 Å². The van der Waals surface area contributed by atoms with Crippen LogP contribution in [-0.4, -0.2) is 23.6 Å². The van der Waals surface area contributed by atoms with Crippen LogP contribution in [0.3, 0.4) is 0 Å². The summed E-state index contributed by atoms with van der Waals surface area (Å²) < 4.78 is 16.3. The van der Waals surface area contributed by atoms with Crippen LogP contribution in [0.25, 0.3) is 17.5 Å². The smallest absolute Gasteiger partial charge is 0.419 e. The van der Waals surface area contributed by atoms with Gasteiger partial charge in [-0.3, -0.25) is 10.1 Å². The Bertz CT molecular complexity index is 1080. The molecule has 2 heterocycles. The molecule has 1 fully saturated rings. The number of nitrogens with zero attached hydrogens (tertiary/aromatic N) is 1. The molecule has 0 radical (unpaired) electrons. The second kappa shape index (κ2) is 8.65. The molecule has 0 aliphatic carbocycles. The van der Waals surface area contributed by atoms with E-state index in [0.29, 0.717) is 18.2 Å². The fourth-order valence-corrected chi connectivity index (χ4v) is 3.03. The van der Waals surface area contributed by atoms with Crippen molar-refractivity contribution in [2.45, 2.75) is 19.8 Å². The van der Waals surface area contributed by atoms with Gasteiger partial charge in [0.15, 0.2) is 5.76 Å². The minimum atomic E-state index is -0.760. The van der Waals surface area contributed by atoms with Gasteiger partial charge in [0.2, 0.25) is 5.89 Å². The molecular weight excluding hydrogens is 384 g/mol. The number of hydrogen-bond acceptors (Lipinski definition) is 6. The maximum absolute atomic E-state index is 11.5. The lowest BCUT2D eigenvalue weighted by molar-refractivity contribution is -0.116. The van der Waals surface area contributed by atoms with Gasteiger partial charge in [-0.15, -0.1) is 0 Å². The van der Waals surface area contributed by atoms with Gasteiger partial charge in [-0.05, 0) is 55.7 Å². The number of aryl methyl sites for hydroxylation is 2. The van der Waals surface area contributed by atoms with Gasteiger partial charge in [0.05, 0.1) is 12.3 Å². The van der Waals surface area contributed by atoms with E-state index < -0.39 is 12.0 Å². The molecule has 7 heteroatoms. The summed E-state index contributed by atoms with van der Waals surface area (Å²) in [6, 6.07) is 17.0. The zero-order chi connectivity index (χ0) is 20.9. The normalized spacial score (nSPS) is 14.6. The van der Waals surface area contributed by atoms with E-state index in [0.717, 1.165) is 35.4 Å². The summed E-state index contributed by atoms with van der Waals surface area (Å²) >= 11 is 0. The van der Waals surface area contributed by atoms with Gasteiger partial charge in [0, 0.05) is 5.56 Å². The molecule has 1 aliphatic rings. The third kappa shape index (κ3) is 4.57. The Balaban J connectivity index is 1.28. The van der Waals surface area contributed by atoms with Crippen LogP contribution in [0, 0.1) is 6.92 Å². The standard InChI is InChI=1S/C23H20N2O5/c1-15-19(24-22(29-15)17-6-3-2-4-7-17)8-5-13-28-18-11-9-16(10-12-18)14-20-21(26)25-23(27)30-20/h2-4,6-7,9-12,14H,5,8,13H2,1H3,(H,25,26,27)/b20-14-. The zero-order valence-electron chi connectivity index (χ0n) is 16.4. The molecule has 1 saturated heterocycles. The number of rotatable bonds is 7.